The van der Waals surface area contributed by atoms with Crippen molar-refractivity contribution >= 4 is 53.4 Å². The van der Waals surface area contributed by atoms with E-state index in [4.69, 9.17) is 0 Å². The number of nitrogens with one attached hydrogen (secondary N) is 2. The largest absolute Gasteiger partial charge is 0.356 e. The van der Waals surface area contributed by atoms with Crippen molar-refractivity contribution in [3.63, 3.8) is 0 Å². The van der Waals surface area contributed by atoms with Crippen LogP contribution in [0.5, 0.6) is 0 Å². The Bertz CT molecular complexity index is 645. The molecular formula is C17H23Cl2N3OS. The smallest absolute Gasteiger partial charge is 0.221 e. The van der Waals surface area contributed by atoms with Crippen LogP contribution in [0.4, 0.5) is 0 Å². The van der Waals surface area contributed by atoms with Gasteiger partial charge in [-0.1, -0.05) is 24.3 Å². The van der Waals surface area contributed by atoms with Crippen LogP contribution >= 0.6 is 36.6 Å². The number of amides is 1. The number of carbonyl (C=O) groups is 1. The van der Waals surface area contributed by atoms with Crippen LogP contribution in [-0.2, 0) is 11.2 Å². The molecular weight excluding hydrogens is 365 g/mol. The number of fused-ring (bicyclic) bond motifs is 1. The third-order valence-electron chi connectivity index (χ3n) is 3.86. The number of pyridine rings is 1. The molecule has 2 N–H and O–H groups in total. The van der Waals surface area contributed by atoms with Gasteiger partial charge in [0.25, 0.3) is 0 Å². The summed E-state index contributed by atoms with van der Waals surface area (Å²) in [4.78, 5) is 16.4. The highest BCUT2D eigenvalue weighted by Gasteiger charge is 2.16. The van der Waals surface area contributed by atoms with Crippen molar-refractivity contribution in [3.05, 3.63) is 42.1 Å². The Labute approximate surface area is 159 Å². The van der Waals surface area contributed by atoms with Gasteiger partial charge in [-0.15, -0.1) is 24.8 Å². The first-order valence-electron chi connectivity index (χ1n) is 7.73. The van der Waals surface area contributed by atoms with Gasteiger partial charge in [-0.25, -0.2) is 0 Å². The quantitative estimate of drug-likeness (QED) is 0.827. The Morgan fingerprint density at radius 2 is 2.12 bits per heavy atom. The van der Waals surface area contributed by atoms with Crippen molar-refractivity contribution in [2.45, 2.75) is 18.9 Å². The zero-order valence-electron chi connectivity index (χ0n) is 13.4. The third kappa shape index (κ3) is 5.81. The van der Waals surface area contributed by atoms with Crippen molar-refractivity contribution in [2.24, 2.45) is 0 Å². The van der Waals surface area contributed by atoms with Crippen molar-refractivity contribution in [2.75, 3.05) is 24.6 Å². The monoisotopic (exact) mass is 387 g/mol. The molecule has 132 valence electrons. The molecule has 0 radical (unpaired) electrons. The number of nitrogens with zero attached hydrogens (tertiary/aromatic N) is 1. The zero-order chi connectivity index (χ0) is 15.2. The van der Waals surface area contributed by atoms with E-state index in [0.29, 0.717) is 19.0 Å². The van der Waals surface area contributed by atoms with E-state index in [-0.39, 0.29) is 30.7 Å². The first kappa shape index (κ1) is 21.0. The Hall–Kier alpha value is -1.01. The molecule has 1 saturated heterocycles. The van der Waals surface area contributed by atoms with Gasteiger partial charge in [-0.05, 0) is 18.1 Å². The van der Waals surface area contributed by atoms with Gasteiger partial charge in [0.2, 0.25) is 5.91 Å². The molecule has 0 bridgehead atoms. The number of halogens is 2. The molecule has 1 fully saturated rings. The van der Waals surface area contributed by atoms with E-state index in [1.165, 1.54) is 5.56 Å². The maximum atomic E-state index is 12.0. The fraction of sp³-hybridized carbons (Fsp3) is 0.412. The average molecular weight is 388 g/mol. The summed E-state index contributed by atoms with van der Waals surface area (Å²) in [7, 11) is 0. The number of hydrogen-bond donors (Lipinski definition) is 2. The minimum Gasteiger partial charge on any atom is -0.356 e. The molecule has 0 spiro atoms. The molecule has 4 nitrogen and oxygen atoms in total. The highest BCUT2D eigenvalue weighted by Crippen LogP contribution is 2.16. The number of benzene rings is 1. The van der Waals surface area contributed by atoms with Crippen LogP contribution in [0, 0.1) is 0 Å². The van der Waals surface area contributed by atoms with Crippen molar-refractivity contribution in [3.8, 4) is 0 Å². The summed E-state index contributed by atoms with van der Waals surface area (Å²) in [6, 6.07) is 10.5. The van der Waals surface area contributed by atoms with Gasteiger partial charge in [0.1, 0.15) is 0 Å². The standard InChI is InChI=1S/C17H21N3OS.2ClH/c21-16(11-15-12-22-10-9-18-15)19-8-6-14-4-1-3-13-5-2-7-20-17(13)14;;/h1-5,7,15,18H,6,8-12H2,(H,19,21);2*1H. The van der Waals surface area contributed by atoms with Crippen LogP contribution < -0.4 is 10.6 Å². The molecule has 0 saturated carbocycles. The Kier molecular flexibility index (Phi) is 9.44. The van der Waals surface area contributed by atoms with Gasteiger partial charge in [-0.2, -0.15) is 11.8 Å². The molecule has 24 heavy (non-hydrogen) atoms. The predicted molar refractivity (Wildman–Crippen MR) is 107 cm³/mol. The fourth-order valence-electron chi connectivity index (χ4n) is 2.75. The maximum absolute atomic E-state index is 12.0. The van der Waals surface area contributed by atoms with E-state index < -0.39 is 0 Å². The van der Waals surface area contributed by atoms with Crippen molar-refractivity contribution in [1.82, 2.24) is 15.6 Å². The molecule has 1 unspecified atom stereocenters. The van der Waals surface area contributed by atoms with Gasteiger partial charge < -0.3 is 10.6 Å². The Morgan fingerprint density at radius 1 is 1.29 bits per heavy atom. The molecule has 2 heterocycles. The van der Waals surface area contributed by atoms with E-state index in [9.17, 15) is 4.79 Å². The highest BCUT2D eigenvalue weighted by molar-refractivity contribution is 7.99. The van der Waals surface area contributed by atoms with E-state index in [1.807, 2.05) is 30.1 Å². The first-order chi connectivity index (χ1) is 10.8. The van der Waals surface area contributed by atoms with E-state index in [1.54, 1.807) is 0 Å². The molecule has 1 amide bonds. The lowest BCUT2D eigenvalue weighted by molar-refractivity contribution is -0.121. The van der Waals surface area contributed by atoms with Crippen LogP contribution in [0.3, 0.4) is 0 Å². The fourth-order valence-corrected chi connectivity index (χ4v) is 3.70. The maximum Gasteiger partial charge on any atom is 0.221 e. The number of thioether (sulfide) groups is 1. The van der Waals surface area contributed by atoms with Gasteiger partial charge in [0.15, 0.2) is 0 Å². The van der Waals surface area contributed by atoms with Gasteiger partial charge >= 0.3 is 0 Å². The summed E-state index contributed by atoms with van der Waals surface area (Å²) >= 11 is 1.92. The van der Waals surface area contributed by atoms with Crippen LogP contribution in [-0.4, -0.2) is 41.5 Å². The second-order valence-corrected chi connectivity index (χ2v) is 6.67. The molecule has 1 aliphatic rings. The third-order valence-corrected chi connectivity index (χ3v) is 4.99. The normalized spacial score (nSPS) is 16.8. The summed E-state index contributed by atoms with van der Waals surface area (Å²) in [5.41, 5.74) is 2.22. The first-order valence-corrected chi connectivity index (χ1v) is 8.89. The summed E-state index contributed by atoms with van der Waals surface area (Å²) in [5, 5.41) is 7.57. The SMILES string of the molecule is Cl.Cl.O=C(CC1CSCCN1)NCCc1cccc2cccnc12. The Balaban J connectivity index is 0.00000144. The average Bonchev–Trinajstić information content (AvgIpc) is 2.56. The van der Waals surface area contributed by atoms with Crippen LogP contribution in [0.2, 0.25) is 0 Å². The lowest BCUT2D eigenvalue weighted by Crippen LogP contribution is -2.41. The van der Waals surface area contributed by atoms with Gasteiger partial charge in [0.05, 0.1) is 5.52 Å². The minimum atomic E-state index is 0. The minimum absolute atomic E-state index is 0. The molecule has 3 rings (SSSR count). The molecule has 1 atom stereocenters. The number of hydrogen-bond acceptors (Lipinski definition) is 4. The Morgan fingerprint density at radius 3 is 2.92 bits per heavy atom. The zero-order valence-corrected chi connectivity index (χ0v) is 15.8. The van der Waals surface area contributed by atoms with E-state index in [2.05, 4.69) is 33.8 Å². The summed E-state index contributed by atoms with van der Waals surface area (Å²) in [5.74, 6) is 2.31. The van der Waals surface area contributed by atoms with Crippen LogP contribution in [0.1, 0.15) is 12.0 Å². The van der Waals surface area contributed by atoms with E-state index in [0.717, 1.165) is 35.4 Å². The van der Waals surface area contributed by atoms with Gasteiger partial charge in [0, 0.05) is 48.6 Å². The second-order valence-electron chi connectivity index (χ2n) is 5.52. The molecule has 0 aliphatic carbocycles. The van der Waals surface area contributed by atoms with Crippen LogP contribution in [0.15, 0.2) is 36.5 Å². The summed E-state index contributed by atoms with van der Waals surface area (Å²) in [6.45, 7) is 1.67. The predicted octanol–water partition coefficient (Wildman–Crippen LogP) is 2.83. The summed E-state index contributed by atoms with van der Waals surface area (Å²) in [6.07, 6.45) is 3.20. The van der Waals surface area contributed by atoms with Crippen molar-refractivity contribution in [1.29, 1.82) is 0 Å². The number of aromatic nitrogens is 1. The topological polar surface area (TPSA) is 54.0 Å². The molecule has 7 heteroatoms. The second kappa shape index (κ2) is 10.8. The molecule has 1 aromatic heterocycles. The number of rotatable bonds is 5. The van der Waals surface area contributed by atoms with Crippen molar-refractivity contribution < 1.29 is 4.79 Å². The number of para-hydroxylation sites is 1. The molecule has 1 aliphatic heterocycles. The number of carbonyl (C=O) groups excluding carboxylic acids is 1. The lowest BCUT2D eigenvalue weighted by Gasteiger charge is -2.22. The summed E-state index contributed by atoms with van der Waals surface area (Å²) < 4.78 is 0. The van der Waals surface area contributed by atoms with Gasteiger partial charge in [-0.3, -0.25) is 9.78 Å². The molecule has 2 aromatic rings. The van der Waals surface area contributed by atoms with E-state index >= 15 is 0 Å². The highest BCUT2D eigenvalue weighted by atomic mass is 35.5. The lowest BCUT2D eigenvalue weighted by atomic mass is 10.1. The van der Waals surface area contributed by atoms with Crippen LogP contribution in [0.25, 0.3) is 10.9 Å². The molecule has 1 aromatic carbocycles.